The molecule has 1 aliphatic rings. The number of piperazine rings is 1. The van der Waals surface area contributed by atoms with Gasteiger partial charge in [0.25, 0.3) is 0 Å². The van der Waals surface area contributed by atoms with Crippen molar-refractivity contribution in [3.05, 3.63) is 97.1 Å². The summed E-state index contributed by atoms with van der Waals surface area (Å²) in [5.74, 6) is 0.574. The molecular formula is C26H23FN4. The van der Waals surface area contributed by atoms with E-state index >= 15 is 0 Å². The van der Waals surface area contributed by atoms with E-state index in [-0.39, 0.29) is 5.82 Å². The number of halogens is 1. The van der Waals surface area contributed by atoms with Gasteiger partial charge in [-0.05, 0) is 23.8 Å². The molecule has 0 bridgehead atoms. The van der Waals surface area contributed by atoms with Gasteiger partial charge in [-0.15, -0.1) is 0 Å². The molecule has 1 fully saturated rings. The summed E-state index contributed by atoms with van der Waals surface area (Å²) in [5, 5.41) is 0. The molecule has 5 heteroatoms. The zero-order chi connectivity index (χ0) is 21.0. The van der Waals surface area contributed by atoms with Crippen LogP contribution in [0, 0.1) is 5.82 Å². The van der Waals surface area contributed by atoms with Crippen LogP contribution in [0.25, 0.3) is 22.4 Å². The fourth-order valence-corrected chi connectivity index (χ4v) is 4.01. The van der Waals surface area contributed by atoms with Crippen LogP contribution in [0.4, 0.5) is 15.9 Å². The average molecular weight is 410 g/mol. The molecule has 0 N–H and O–H groups in total. The van der Waals surface area contributed by atoms with Crippen LogP contribution in [0.3, 0.4) is 0 Å². The maximum absolute atomic E-state index is 14.8. The standard InChI is InChI=1S/C26H23FN4/c27-24-17-21(11-12-23(24)20-7-3-1-4-8-20)25-18-28-19-26(29-25)31-15-13-30(14-16-31)22-9-5-2-6-10-22/h1-12,17-19H,13-16H2. The zero-order valence-electron chi connectivity index (χ0n) is 17.2. The minimum Gasteiger partial charge on any atom is -0.368 e. The Hall–Kier alpha value is -3.73. The van der Waals surface area contributed by atoms with Gasteiger partial charge >= 0.3 is 0 Å². The first-order valence-corrected chi connectivity index (χ1v) is 10.5. The highest BCUT2D eigenvalue weighted by atomic mass is 19.1. The maximum Gasteiger partial charge on any atom is 0.147 e. The lowest BCUT2D eigenvalue weighted by Gasteiger charge is -2.36. The minimum absolute atomic E-state index is 0.257. The van der Waals surface area contributed by atoms with Crippen molar-refractivity contribution in [3.8, 4) is 22.4 Å². The summed E-state index contributed by atoms with van der Waals surface area (Å²) < 4.78 is 14.8. The Morgan fingerprint density at radius 1 is 0.677 bits per heavy atom. The molecule has 1 saturated heterocycles. The molecule has 5 rings (SSSR count). The van der Waals surface area contributed by atoms with Crippen LogP contribution >= 0.6 is 0 Å². The molecule has 0 aliphatic carbocycles. The third-order valence-electron chi connectivity index (χ3n) is 5.70. The van der Waals surface area contributed by atoms with E-state index in [9.17, 15) is 4.39 Å². The van der Waals surface area contributed by atoms with Gasteiger partial charge in [0.05, 0.1) is 18.1 Å². The first-order valence-electron chi connectivity index (χ1n) is 10.5. The second-order valence-corrected chi connectivity index (χ2v) is 7.63. The number of rotatable bonds is 4. The SMILES string of the molecule is Fc1cc(-c2cncc(N3CCN(c4ccccc4)CC3)n2)ccc1-c1ccccc1. The molecule has 4 aromatic rings. The molecule has 1 aliphatic heterocycles. The lowest BCUT2D eigenvalue weighted by Crippen LogP contribution is -2.46. The Balaban J connectivity index is 1.33. The Bertz CT molecular complexity index is 1160. The molecule has 1 aromatic heterocycles. The second kappa shape index (κ2) is 8.56. The Kier molecular flexibility index (Phi) is 5.31. The summed E-state index contributed by atoms with van der Waals surface area (Å²) in [7, 11) is 0. The molecule has 0 atom stereocenters. The zero-order valence-corrected chi connectivity index (χ0v) is 17.2. The van der Waals surface area contributed by atoms with Crippen molar-refractivity contribution in [1.82, 2.24) is 9.97 Å². The van der Waals surface area contributed by atoms with E-state index in [1.807, 2.05) is 48.5 Å². The maximum atomic E-state index is 14.8. The predicted octanol–water partition coefficient (Wildman–Crippen LogP) is 5.28. The number of hydrogen-bond donors (Lipinski definition) is 0. The normalized spacial score (nSPS) is 14.0. The third kappa shape index (κ3) is 4.12. The van der Waals surface area contributed by atoms with Crippen molar-refractivity contribution in [1.29, 1.82) is 0 Å². The highest BCUT2D eigenvalue weighted by molar-refractivity contribution is 5.69. The van der Waals surface area contributed by atoms with Crippen LogP contribution in [-0.4, -0.2) is 36.1 Å². The second-order valence-electron chi connectivity index (χ2n) is 7.63. The molecular weight excluding hydrogens is 387 g/mol. The lowest BCUT2D eigenvalue weighted by molar-refractivity contribution is 0.631. The summed E-state index contributed by atoms with van der Waals surface area (Å²) in [4.78, 5) is 13.8. The number of benzene rings is 3. The van der Waals surface area contributed by atoms with E-state index in [0.717, 1.165) is 43.1 Å². The van der Waals surface area contributed by atoms with E-state index in [0.29, 0.717) is 11.3 Å². The van der Waals surface area contributed by atoms with E-state index in [4.69, 9.17) is 4.98 Å². The molecule has 0 radical (unpaired) electrons. The predicted molar refractivity (Wildman–Crippen MR) is 124 cm³/mol. The Morgan fingerprint density at radius 3 is 2.06 bits per heavy atom. The molecule has 4 nitrogen and oxygen atoms in total. The highest BCUT2D eigenvalue weighted by Crippen LogP contribution is 2.28. The van der Waals surface area contributed by atoms with Crippen LogP contribution in [-0.2, 0) is 0 Å². The molecule has 154 valence electrons. The van der Waals surface area contributed by atoms with Crippen molar-refractivity contribution >= 4 is 11.5 Å². The minimum atomic E-state index is -0.257. The van der Waals surface area contributed by atoms with Crippen molar-refractivity contribution < 1.29 is 4.39 Å². The number of para-hydroxylation sites is 1. The van der Waals surface area contributed by atoms with E-state index in [1.165, 1.54) is 5.69 Å². The van der Waals surface area contributed by atoms with Gasteiger partial charge in [0.15, 0.2) is 0 Å². The third-order valence-corrected chi connectivity index (χ3v) is 5.70. The quantitative estimate of drug-likeness (QED) is 0.458. The Morgan fingerprint density at radius 2 is 1.35 bits per heavy atom. The van der Waals surface area contributed by atoms with Crippen molar-refractivity contribution in [2.24, 2.45) is 0 Å². The highest BCUT2D eigenvalue weighted by Gasteiger charge is 2.19. The summed E-state index contributed by atoms with van der Waals surface area (Å²) >= 11 is 0. The van der Waals surface area contributed by atoms with Gasteiger partial charge in [0.2, 0.25) is 0 Å². The van der Waals surface area contributed by atoms with Gasteiger partial charge in [-0.3, -0.25) is 4.98 Å². The van der Waals surface area contributed by atoms with Crippen LogP contribution < -0.4 is 9.80 Å². The largest absolute Gasteiger partial charge is 0.368 e. The van der Waals surface area contributed by atoms with Gasteiger partial charge in [0, 0.05) is 43.0 Å². The summed E-state index contributed by atoms with van der Waals surface area (Å²) in [6.07, 6.45) is 3.48. The summed E-state index contributed by atoms with van der Waals surface area (Å²) in [6.45, 7) is 3.59. The molecule has 3 aromatic carbocycles. The van der Waals surface area contributed by atoms with Gasteiger partial charge in [-0.25, -0.2) is 9.37 Å². The van der Waals surface area contributed by atoms with E-state index in [2.05, 4.69) is 39.0 Å². The lowest BCUT2D eigenvalue weighted by atomic mass is 10.0. The number of anilines is 2. The molecule has 0 amide bonds. The fourth-order valence-electron chi connectivity index (χ4n) is 4.01. The number of aromatic nitrogens is 2. The monoisotopic (exact) mass is 410 g/mol. The molecule has 2 heterocycles. The molecule has 0 unspecified atom stereocenters. The molecule has 0 saturated carbocycles. The van der Waals surface area contributed by atoms with Gasteiger partial charge in [0.1, 0.15) is 11.6 Å². The summed E-state index contributed by atoms with van der Waals surface area (Å²) in [5.41, 5.74) is 4.11. The van der Waals surface area contributed by atoms with Gasteiger partial charge in [-0.1, -0.05) is 60.7 Å². The molecule has 31 heavy (non-hydrogen) atoms. The number of nitrogens with zero attached hydrogens (tertiary/aromatic N) is 4. The summed E-state index contributed by atoms with van der Waals surface area (Å²) in [6, 6.07) is 25.3. The van der Waals surface area contributed by atoms with E-state index in [1.54, 1.807) is 18.5 Å². The topological polar surface area (TPSA) is 32.3 Å². The smallest absolute Gasteiger partial charge is 0.147 e. The first kappa shape index (κ1) is 19.2. The number of hydrogen-bond acceptors (Lipinski definition) is 4. The molecule has 0 spiro atoms. The Labute approximate surface area is 181 Å². The van der Waals surface area contributed by atoms with Gasteiger partial charge < -0.3 is 9.80 Å². The van der Waals surface area contributed by atoms with Crippen LogP contribution in [0.1, 0.15) is 0 Å². The average Bonchev–Trinajstić information content (AvgIpc) is 2.85. The van der Waals surface area contributed by atoms with E-state index < -0.39 is 0 Å². The van der Waals surface area contributed by atoms with Crippen LogP contribution in [0.5, 0.6) is 0 Å². The van der Waals surface area contributed by atoms with Crippen molar-refractivity contribution in [3.63, 3.8) is 0 Å². The first-order chi connectivity index (χ1) is 15.3. The fraction of sp³-hybridized carbons (Fsp3) is 0.154. The van der Waals surface area contributed by atoms with Crippen LogP contribution in [0.2, 0.25) is 0 Å². The van der Waals surface area contributed by atoms with Crippen molar-refractivity contribution in [2.45, 2.75) is 0 Å². The van der Waals surface area contributed by atoms with Crippen molar-refractivity contribution in [2.75, 3.05) is 36.0 Å². The van der Waals surface area contributed by atoms with Crippen LogP contribution in [0.15, 0.2) is 91.3 Å². The van der Waals surface area contributed by atoms with Gasteiger partial charge in [-0.2, -0.15) is 0 Å².